The minimum atomic E-state index is -0.356. The van der Waals surface area contributed by atoms with Crippen molar-refractivity contribution in [1.82, 2.24) is 0 Å². The third-order valence-corrected chi connectivity index (χ3v) is 2.19. The smallest absolute Gasteiger partial charge is 0.229 e. The highest BCUT2D eigenvalue weighted by Gasteiger charge is 2.26. The number of hydrogen-bond acceptors (Lipinski definition) is 2. The summed E-state index contributed by atoms with van der Waals surface area (Å²) < 4.78 is 0. The van der Waals surface area contributed by atoms with Crippen LogP contribution >= 0.6 is 0 Å². The second kappa shape index (κ2) is 2.16. The molecule has 11 heavy (non-hydrogen) atoms. The van der Waals surface area contributed by atoms with Gasteiger partial charge in [-0.3, -0.25) is 9.59 Å². The van der Waals surface area contributed by atoms with Crippen LogP contribution in [0.15, 0.2) is 23.3 Å². The molecule has 0 radical (unpaired) electrons. The van der Waals surface area contributed by atoms with Crippen LogP contribution in [0.5, 0.6) is 0 Å². The van der Waals surface area contributed by atoms with Crippen LogP contribution in [0.25, 0.3) is 0 Å². The van der Waals surface area contributed by atoms with E-state index in [1.807, 2.05) is 0 Å². The summed E-state index contributed by atoms with van der Waals surface area (Å²) in [5.41, 5.74) is 1.84. The van der Waals surface area contributed by atoms with Crippen molar-refractivity contribution >= 4 is 11.6 Å². The van der Waals surface area contributed by atoms with Gasteiger partial charge >= 0.3 is 0 Å². The van der Waals surface area contributed by atoms with Gasteiger partial charge in [-0.05, 0) is 30.9 Å². The Labute approximate surface area is 64.6 Å². The molecule has 0 saturated heterocycles. The average Bonchev–Trinajstić information content (AvgIpc) is 2.45. The lowest BCUT2D eigenvalue weighted by Crippen LogP contribution is -2.16. The van der Waals surface area contributed by atoms with Crippen LogP contribution in [0.2, 0.25) is 0 Å². The highest BCUT2D eigenvalue weighted by Crippen LogP contribution is 2.29. The molecule has 0 N–H and O–H groups in total. The molecular weight excluding hydrogens is 140 g/mol. The van der Waals surface area contributed by atoms with Gasteiger partial charge in [-0.1, -0.05) is 6.08 Å². The topological polar surface area (TPSA) is 34.1 Å². The highest BCUT2D eigenvalue weighted by molar-refractivity contribution is 6.48. The molecule has 0 aromatic carbocycles. The van der Waals surface area contributed by atoms with Crippen molar-refractivity contribution in [3.8, 4) is 0 Å². The molecule has 2 nitrogen and oxygen atoms in total. The quantitative estimate of drug-likeness (QED) is 0.382. The van der Waals surface area contributed by atoms with Crippen molar-refractivity contribution in [2.75, 3.05) is 0 Å². The van der Waals surface area contributed by atoms with Crippen LogP contribution in [0.4, 0.5) is 0 Å². The second-order valence-corrected chi connectivity index (χ2v) is 2.88. The highest BCUT2D eigenvalue weighted by atomic mass is 16.2. The largest absolute Gasteiger partial charge is 0.286 e. The molecule has 0 saturated carbocycles. The Hall–Kier alpha value is -1.18. The molecule has 0 fully saturated rings. The summed E-state index contributed by atoms with van der Waals surface area (Å²) in [6.07, 6.45) is 5.95. The lowest BCUT2D eigenvalue weighted by Gasteiger charge is -2.04. The van der Waals surface area contributed by atoms with Crippen LogP contribution in [0.3, 0.4) is 0 Å². The van der Waals surface area contributed by atoms with E-state index >= 15 is 0 Å². The number of allylic oxidation sites excluding steroid dienone is 4. The van der Waals surface area contributed by atoms with E-state index in [2.05, 4.69) is 0 Å². The third-order valence-electron chi connectivity index (χ3n) is 2.19. The SMILES string of the molecule is O=C1C=CC2=C(CCC2)C1=O. The Kier molecular flexibility index (Phi) is 1.28. The zero-order valence-corrected chi connectivity index (χ0v) is 6.09. The Bertz CT molecular complexity index is 295. The molecule has 0 unspecified atom stereocenters. The summed E-state index contributed by atoms with van der Waals surface area (Å²) in [4.78, 5) is 22.0. The molecule has 2 heteroatoms. The first-order valence-corrected chi connectivity index (χ1v) is 3.78. The van der Waals surface area contributed by atoms with Gasteiger partial charge in [0.25, 0.3) is 0 Å². The van der Waals surface area contributed by atoms with Crippen LogP contribution in [-0.4, -0.2) is 11.6 Å². The van der Waals surface area contributed by atoms with Crippen molar-refractivity contribution in [1.29, 1.82) is 0 Å². The summed E-state index contributed by atoms with van der Waals surface area (Å²) in [6, 6.07) is 0. The van der Waals surface area contributed by atoms with E-state index in [1.54, 1.807) is 6.08 Å². The van der Waals surface area contributed by atoms with Gasteiger partial charge in [0.15, 0.2) is 0 Å². The van der Waals surface area contributed by atoms with Gasteiger partial charge in [0.05, 0.1) is 0 Å². The number of ketones is 2. The van der Waals surface area contributed by atoms with Gasteiger partial charge in [0.1, 0.15) is 0 Å². The first-order valence-electron chi connectivity index (χ1n) is 3.78. The number of rotatable bonds is 0. The first kappa shape index (κ1) is 6.53. The molecular formula is C9H8O2. The van der Waals surface area contributed by atoms with Crippen molar-refractivity contribution in [2.45, 2.75) is 19.3 Å². The molecule has 0 heterocycles. The number of Topliss-reactive ketones (excluding diaryl/α,β-unsaturated/α-hetero) is 1. The van der Waals surface area contributed by atoms with Crippen LogP contribution in [0.1, 0.15) is 19.3 Å². The molecule has 0 atom stereocenters. The Balaban J connectivity index is 2.45. The van der Waals surface area contributed by atoms with Crippen molar-refractivity contribution in [3.63, 3.8) is 0 Å². The van der Waals surface area contributed by atoms with Gasteiger partial charge in [0.2, 0.25) is 11.6 Å². The molecule has 0 aromatic rings. The Morgan fingerprint density at radius 3 is 2.73 bits per heavy atom. The van der Waals surface area contributed by atoms with Crippen LogP contribution in [0, 0.1) is 0 Å². The van der Waals surface area contributed by atoms with Crippen molar-refractivity contribution < 1.29 is 9.59 Å². The Morgan fingerprint density at radius 2 is 1.91 bits per heavy atom. The summed E-state index contributed by atoms with van der Waals surface area (Å²) in [5.74, 6) is -0.634. The Morgan fingerprint density at radius 1 is 1.09 bits per heavy atom. The zero-order valence-electron chi connectivity index (χ0n) is 6.09. The molecule has 0 amide bonds. The molecule has 0 aliphatic heterocycles. The number of carbonyl (C=O) groups excluding carboxylic acids is 2. The second-order valence-electron chi connectivity index (χ2n) is 2.88. The maximum absolute atomic E-state index is 11.1. The van der Waals surface area contributed by atoms with Gasteiger partial charge in [-0.25, -0.2) is 0 Å². The molecule has 0 bridgehead atoms. The van der Waals surface area contributed by atoms with E-state index in [-0.39, 0.29) is 11.6 Å². The summed E-state index contributed by atoms with van der Waals surface area (Å²) >= 11 is 0. The third kappa shape index (κ3) is 0.862. The molecule has 2 rings (SSSR count). The predicted molar refractivity (Wildman–Crippen MR) is 40.0 cm³/mol. The maximum atomic E-state index is 11.1. The van der Waals surface area contributed by atoms with E-state index in [1.165, 1.54) is 6.08 Å². The summed E-state index contributed by atoms with van der Waals surface area (Å²) in [5, 5.41) is 0. The number of carbonyl (C=O) groups is 2. The molecule has 2 aliphatic carbocycles. The minimum absolute atomic E-state index is 0.278. The fourth-order valence-corrected chi connectivity index (χ4v) is 1.61. The van der Waals surface area contributed by atoms with E-state index in [4.69, 9.17) is 0 Å². The van der Waals surface area contributed by atoms with Crippen molar-refractivity contribution in [3.05, 3.63) is 23.3 Å². The van der Waals surface area contributed by atoms with Gasteiger partial charge in [0, 0.05) is 5.57 Å². The van der Waals surface area contributed by atoms with E-state index in [9.17, 15) is 9.59 Å². The first-order chi connectivity index (χ1) is 5.29. The summed E-state index contributed by atoms with van der Waals surface area (Å²) in [7, 11) is 0. The zero-order chi connectivity index (χ0) is 7.84. The monoisotopic (exact) mass is 148 g/mol. The van der Waals surface area contributed by atoms with Crippen LogP contribution < -0.4 is 0 Å². The molecule has 0 spiro atoms. The molecule has 2 aliphatic rings. The number of hydrogen-bond donors (Lipinski definition) is 0. The van der Waals surface area contributed by atoms with Crippen molar-refractivity contribution in [2.24, 2.45) is 0 Å². The van der Waals surface area contributed by atoms with E-state index in [0.29, 0.717) is 0 Å². The maximum Gasteiger partial charge on any atom is 0.229 e. The standard InChI is InChI=1S/C9H8O2/c10-8-5-4-6-2-1-3-7(6)9(8)11/h4-5H,1-3H2. The van der Waals surface area contributed by atoms with Gasteiger partial charge in [-0.15, -0.1) is 0 Å². The fraction of sp³-hybridized carbons (Fsp3) is 0.333. The lowest BCUT2D eigenvalue weighted by molar-refractivity contribution is -0.131. The minimum Gasteiger partial charge on any atom is -0.286 e. The molecule has 56 valence electrons. The van der Waals surface area contributed by atoms with Gasteiger partial charge < -0.3 is 0 Å². The predicted octanol–water partition coefficient (Wildman–Crippen LogP) is 1.17. The van der Waals surface area contributed by atoms with E-state index < -0.39 is 0 Å². The lowest BCUT2D eigenvalue weighted by atomic mass is 9.98. The normalized spacial score (nSPS) is 22.9. The average molecular weight is 148 g/mol. The molecule has 0 aromatic heterocycles. The van der Waals surface area contributed by atoms with Crippen LogP contribution in [-0.2, 0) is 9.59 Å². The van der Waals surface area contributed by atoms with Gasteiger partial charge in [-0.2, -0.15) is 0 Å². The fourth-order valence-electron chi connectivity index (χ4n) is 1.61. The summed E-state index contributed by atoms with van der Waals surface area (Å²) in [6.45, 7) is 0. The van der Waals surface area contributed by atoms with E-state index in [0.717, 1.165) is 30.4 Å².